The van der Waals surface area contributed by atoms with E-state index in [0.29, 0.717) is 23.4 Å². The highest BCUT2D eigenvalue weighted by Gasteiger charge is 2.07. The Balaban J connectivity index is 2.54. The van der Waals surface area contributed by atoms with Gasteiger partial charge in [0.1, 0.15) is 5.75 Å². The van der Waals surface area contributed by atoms with Crippen LogP contribution >= 0.6 is 11.6 Å². The molecule has 0 aliphatic heterocycles. The Labute approximate surface area is 119 Å². The Bertz CT molecular complexity index is 421. The van der Waals surface area contributed by atoms with Gasteiger partial charge in [-0.15, -0.1) is 0 Å². The lowest BCUT2D eigenvalue weighted by atomic mass is 10.2. The summed E-state index contributed by atoms with van der Waals surface area (Å²) < 4.78 is 10.1. The molecule has 19 heavy (non-hydrogen) atoms. The molecular formula is C14H20ClNO3. The van der Waals surface area contributed by atoms with Gasteiger partial charge in [-0.3, -0.25) is 0 Å². The van der Waals surface area contributed by atoms with Crippen molar-refractivity contribution in [1.82, 2.24) is 5.32 Å². The van der Waals surface area contributed by atoms with E-state index < -0.39 is 5.97 Å². The van der Waals surface area contributed by atoms with E-state index in [-0.39, 0.29) is 6.61 Å². The lowest BCUT2D eigenvalue weighted by molar-refractivity contribution is -0.145. The molecule has 106 valence electrons. The number of esters is 1. The highest BCUT2D eigenvalue weighted by atomic mass is 35.5. The summed E-state index contributed by atoms with van der Waals surface area (Å²) >= 11 is 6.10. The van der Waals surface area contributed by atoms with Crippen molar-refractivity contribution >= 4 is 17.6 Å². The first-order valence-corrected chi connectivity index (χ1v) is 6.71. The third kappa shape index (κ3) is 5.94. The van der Waals surface area contributed by atoms with Gasteiger partial charge in [-0.05, 0) is 24.6 Å². The maximum atomic E-state index is 11.2. The SMILES string of the molecule is CCOC(=O)COc1ccc(CNC(C)C)cc1Cl. The van der Waals surface area contributed by atoms with E-state index in [1.807, 2.05) is 12.1 Å². The number of halogens is 1. The number of nitrogens with one attached hydrogen (secondary N) is 1. The van der Waals surface area contributed by atoms with E-state index in [9.17, 15) is 4.79 Å². The van der Waals surface area contributed by atoms with E-state index in [1.54, 1.807) is 13.0 Å². The van der Waals surface area contributed by atoms with Crippen molar-refractivity contribution < 1.29 is 14.3 Å². The van der Waals surface area contributed by atoms with E-state index >= 15 is 0 Å². The molecule has 4 nitrogen and oxygen atoms in total. The Morgan fingerprint density at radius 2 is 2.16 bits per heavy atom. The summed E-state index contributed by atoms with van der Waals surface area (Å²) in [6.45, 7) is 6.88. The molecule has 0 aliphatic carbocycles. The molecule has 1 aromatic rings. The molecule has 0 saturated heterocycles. The summed E-state index contributed by atoms with van der Waals surface area (Å²) in [4.78, 5) is 11.2. The quantitative estimate of drug-likeness (QED) is 0.783. The van der Waals surface area contributed by atoms with Gasteiger partial charge in [0.05, 0.1) is 11.6 Å². The molecule has 5 heteroatoms. The summed E-state index contributed by atoms with van der Waals surface area (Å²) in [6, 6.07) is 5.93. The summed E-state index contributed by atoms with van der Waals surface area (Å²) in [5.41, 5.74) is 1.07. The Morgan fingerprint density at radius 1 is 1.42 bits per heavy atom. The molecule has 0 amide bonds. The maximum Gasteiger partial charge on any atom is 0.344 e. The fourth-order valence-electron chi connectivity index (χ4n) is 1.43. The van der Waals surface area contributed by atoms with Crippen LogP contribution < -0.4 is 10.1 Å². The van der Waals surface area contributed by atoms with Gasteiger partial charge in [-0.1, -0.05) is 31.5 Å². The topological polar surface area (TPSA) is 47.6 Å². The van der Waals surface area contributed by atoms with Gasteiger partial charge in [0.25, 0.3) is 0 Å². The molecule has 1 aromatic carbocycles. The van der Waals surface area contributed by atoms with Crippen LogP contribution in [-0.2, 0) is 16.1 Å². The van der Waals surface area contributed by atoms with Gasteiger partial charge in [0.15, 0.2) is 6.61 Å². The number of hydrogen-bond donors (Lipinski definition) is 1. The second-order valence-corrected chi connectivity index (χ2v) is 4.80. The lowest BCUT2D eigenvalue weighted by Crippen LogP contribution is -2.21. The molecule has 0 heterocycles. The second-order valence-electron chi connectivity index (χ2n) is 4.39. The molecule has 0 bridgehead atoms. The minimum Gasteiger partial charge on any atom is -0.480 e. The smallest absolute Gasteiger partial charge is 0.344 e. The zero-order valence-electron chi connectivity index (χ0n) is 11.5. The van der Waals surface area contributed by atoms with Crippen LogP contribution in [0.4, 0.5) is 0 Å². The number of ether oxygens (including phenoxy) is 2. The monoisotopic (exact) mass is 285 g/mol. The van der Waals surface area contributed by atoms with E-state index in [0.717, 1.165) is 12.1 Å². The first-order valence-electron chi connectivity index (χ1n) is 6.33. The summed E-state index contributed by atoms with van der Waals surface area (Å²) in [6.07, 6.45) is 0. The lowest BCUT2D eigenvalue weighted by Gasteiger charge is -2.11. The molecule has 0 fully saturated rings. The van der Waals surface area contributed by atoms with Crippen LogP contribution in [0.15, 0.2) is 18.2 Å². The van der Waals surface area contributed by atoms with Crippen LogP contribution in [0.25, 0.3) is 0 Å². The maximum absolute atomic E-state index is 11.2. The number of hydrogen-bond acceptors (Lipinski definition) is 4. The van der Waals surface area contributed by atoms with E-state index in [1.165, 1.54) is 0 Å². The largest absolute Gasteiger partial charge is 0.480 e. The van der Waals surface area contributed by atoms with Crippen molar-refractivity contribution in [2.24, 2.45) is 0 Å². The molecular weight excluding hydrogens is 266 g/mol. The fraction of sp³-hybridized carbons (Fsp3) is 0.500. The van der Waals surface area contributed by atoms with Crippen LogP contribution in [0.1, 0.15) is 26.3 Å². The number of carbonyl (C=O) groups is 1. The summed E-state index contributed by atoms with van der Waals surface area (Å²) in [5, 5.41) is 3.79. The van der Waals surface area contributed by atoms with Crippen molar-refractivity contribution in [3.05, 3.63) is 28.8 Å². The van der Waals surface area contributed by atoms with Gasteiger partial charge in [-0.2, -0.15) is 0 Å². The van der Waals surface area contributed by atoms with Gasteiger partial charge in [0.2, 0.25) is 0 Å². The number of benzene rings is 1. The number of rotatable bonds is 7. The molecule has 0 aromatic heterocycles. The van der Waals surface area contributed by atoms with E-state index in [4.69, 9.17) is 21.1 Å². The van der Waals surface area contributed by atoms with Crippen molar-refractivity contribution in [3.63, 3.8) is 0 Å². The van der Waals surface area contributed by atoms with Crippen LogP contribution in [0.2, 0.25) is 5.02 Å². The highest BCUT2D eigenvalue weighted by molar-refractivity contribution is 6.32. The minimum atomic E-state index is -0.399. The van der Waals surface area contributed by atoms with Crippen LogP contribution in [0.3, 0.4) is 0 Å². The molecule has 1 rings (SSSR count). The summed E-state index contributed by atoms with van der Waals surface area (Å²) in [7, 11) is 0. The first-order chi connectivity index (χ1) is 9.02. The molecule has 0 saturated carbocycles. The van der Waals surface area contributed by atoms with Crippen LogP contribution in [0.5, 0.6) is 5.75 Å². The van der Waals surface area contributed by atoms with E-state index in [2.05, 4.69) is 19.2 Å². The normalized spacial score (nSPS) is 10.6. The minimum absolute atomic E-state index is 0.128. The third-order valence-corrected chi connectivity index (χ3v) is 2.66. The average Bonchev–Trinajstić information content (AvgIpc) is 2.35. The second kappa shape index (κ2) is 8.02. The predicted octanol–water partition coefficient (Wildman–Crippen LogP) is 2.78. The molecule has 0 aliphatic rings. The van der Waals surface area contributed by atoms with Crippen molar-refractivity contribution in [1.29, 1.82) is 0 Å². The predicted molar refractivity (Wildman–Crippen MR) is 75.6 cm³/mol. The van der Waals surface area contributed by atoms with Crippen molar-refractivity contribution in [2.75, 3.05) is 13.2 Å². The molecule has 0 atom stereocenters. The van der Waals surface area contributed by atoms with Crippen molar-refractivity contribution in [3.8, 4) is 5.75 Å². The Morgan fingerprint density at radius 3 is 2.74 bits per heavy atom. The average molecular weight is 286 g/mol. The first kappa shape index (κ1) is 15.8. The molecule has 1 N–H and O–H groups in total. The van der Waals surface area contributed by atoms with Gasteiger partial charge >= 0.3 is 5.97 Å². The zero-order valence-corrected chi connectivity index (χ0v) is 12.3. The highest BCUT2D eigenvalue weighted by Crippen LogP contribution is 2.25. The summed E-state index contributed by atoms with van der Waals surface area (Å²) in [5.74, 6) is 0.0899. The third-order valence-electron chi connectivity index (χ3n) is 2.36. The van der Waals surface area contributed by atoms with Gasteiger partial charge in [-0.25, -0.2) is 4.79 Å². The molecule has 0 unspecified atom stereocenters. The Kier molecular flexibility index (Phi) is 6.67. The van der Waals surface area contributed by atoms with Gasteiger partial charge in [0, 0.05) is 12.6 Å². The van der Waals surface area contributed by atoms with Crippen LogP contribution in [0, 0.1) is 0 Å². The van der Waals surface area contributed by atoms with Gasteiger partial charge < -0.3 is 14.8 Å². The van der Waals surface area contributed by atoms with Crippen LogP contribution in [-0.4, -0.2) is 25.2 Å². The standard InChI is InChI=1S/C14H20ClNO3/c1-4-18-14(17)9-19-13-6-5-11(7-12(13)15)8-16-10(2)3/h5-7,10,16H,4,8-9H2,1-3H3. The molecule has 0 spiro atoms. The zero-order chi connectivity index (χ0) is 14.3. The Hall–Kier alpha value is -1.26. The fourth-order valence-corrected chi connectivity index (χ4v) is 1.69. The molecule has 0 radical (unpaired) electrons. The van der Waals surface area contributed by atoms with Crippen molar-refractivity contribution in [2.45, 2.75) is 33.4 Å². The number of carbonyl (C=O) groups excluding carboxylic acids is 1.